The van der Waals surface area contributed by atoms with Crippen LogP contribution in [0, 0.1) is 0 Å². The Bertz CT molecular complexity index is 494. The van der Waals surface area contributed by atoms with E-state index in [1.165, 1.54) is 4.90 Å². The maximum Gasteiger partial charge on any atom is 0.317 e. The largest absolute Gasteiger partial charge is 0.481 e. The van der Waals surface area contributed by atoms with Crippen molar-refractivity contribution in [2.45, 2.75) is 32.2 Å². The van der Waals surface area contributed by atoms with Gasteiger partial charge in [0, 0.05) is 24.1 Å². The zero-order chi connectivity index (χ0) is 15.8. The third kappa shape index (κ3) is 6.16. The normalized spacial score (nSPS) is 11.8. The highest BCUT2D eigenvalue weighted by Gasteiger charge is 2.16. The number of halogens is 1. The van der Waals surface area contributed by atoms with Crippen LogP contribution in [0.25, 0.3) is 0 Å². The van der Waals surface area contributed by atoms with Gasteiger partial charge in [-0.25, -0.2) is 4.79 Å². The number of aliphatic carboxylic acids is 1. The van der Waals surface area contributed by atoms with Crippen molar-refractivity contribution in [3.05, 3.63) is 34.3 Å². The van der Waals surface area contributed by atoms with Crippen LogP contribution in [0.4, 0.5) is 4.79 Å². The van der Waals surface area contributed by atoms with Crippen LogP contribution in [-0.4, -0.2) is 41.6 Å². The molecule has 1 aromatic carbocycles. The van der Waals surface area contributed by atoms with Gasteiger partial charge in [-0.3, -0.25) is 4.79 Å². The molecule has 0 aromatic heterocycles. The predicted molar refractivity (Wildman–Crippen MR) is 85.3 cm³/mol. The van der Waals surface area contributed by atoms with E-state index in [0.717, 1.165) is 22.9 Å². The lowest BCUT2D eigenvalue weighted by Crippen LogP contribution is -2.44. The van der Waals surface area contributed by atoms with Gasteiger partial charge >= 0.3 is 12.0 Å². The molecule has 5 nitrogen and oxygen atoms in total. The molecule has 1 aromatic rings. The van der Waals surface area contributed by atoms with Crippen molar-refractivity contribution in [3.8, 4) is 0 Å². The molecular weight excluding hydrogens is 336 g/mol. The molecule has 0 saturated heterocycles. The number of carbonyl (C=O) groups is 2. The fourth-order valence-electron chi connectivity index (χ4n) is 1.88. The molecule has 0 fully saturated rings. The van der Waals surface area contributed by atoms with Crippen molar-refractivity contribution in [1.29, 1.82) is 0 Å². The maximum absolute atomic E-state index is 12.0. The van der Waals surface area contributed by atoms with E-state index < -0.39 is 5.97 Å². The molecule has 1 unspecified atom stereocenters. The van der Waals surface area contributed by atoms with Gasteiger partial charge in [0.2, 0.25) is 0 Å². The van der Waals surface area contributed by atoms with Crippen molar-refractivity contribution < 1.29 is 14.7 Å². The summed E-state index contributed by atoms with van der Waals surface area (Å²) in [6.07, 6.45) is 1.49. The Hall–Kier alpha value is -1.56. The van der Waals surface area contributed by atoms with E-state index in [9.17, 15) is 9.59 Å². The summed E-state index contributed by atoms with van der Waals surface area (Å²) in [4.78, 5) is 23.9. The summed E-state index contributed by atoms with van der Waals surface area (Å²) < 4.78 is 1.02. The zero-order valence-corrected chi connectivity index (χ0v) is 13.9. The summed E-state index contributed by atoms with van der Waals surface area (Å²) >= 11 is 3.50. The van der Waals surface area contributed by atoms with Crippen molar-refractivity contribution in [2.24, 2.45) is 0 Å². The van der Waals surface area contributed by atoms with Crippen molar-refractivity contribution in [3.63, 3.8) is 0 Å². The molecule has 0 saturated carbocycles. The second-order valence-electron chi connectivity index (χ2n) is 4.92. The number of carboxylic acids is 1. The Morgan fingerprint density at radius 3 is 2.62 bits per heavy atom. The standard InChI is InChI=1S/C15H21BrN2O3/c1-3-12(10-11-6-4-5-7-13(11)16)17-15(21)18(2)9-8-14(19)20/h4-7,12H,3,8-10H2,1-2H3,(H,17,21)(H,19,20). The Morgan fingerprint density at radius 2 is 2.05 bits per heavy atom. The first-order chi connectivity index (χ1) is 9.93. The van der Waals surface area contributed by atoms with Gasteiger partial charge in [-0.05, 0) is 24.5 Å². The van der Waals surface area contributed by atoms with Gasteiger partial charge in [-0.15, -0.1) is 0 Å². The van der Waals surface area contributed by atoms with E-state index in [1.807, 2.05) is 31.2 Å². The van der Waals surface area contributed by atoms with E-state index in [-0.39, 0.29) is 25.0 Å². The molecule has 21 heavy (non-hydrogen) atoms. The molecule has 0 radical (unpaired) electrons. The van der Waals surface area contributed by atoms with Crippen LogP contribution in [0.15, 0.2) is 28.7 Å². The highest BCUT2D eigenvalue weighted by molar-refractivity contribution is 9.10. The monoisotopic (exact) mass is 356 g/mol. The molecular formula is C15H21BrN2O3. The molecule has 0 aliphatic rings. The Morgan fingerprint density at radius 1 is 1.38 bits per heavy atom. The second-order valence-corrected chi connectivity index (χ2v) is 5.77. The quantitative estimate of drug-likeness (QED) is 0.788. The number of hydrogen-bond acceptors (Lipinski definition) is 2. The average Bonchev–Trinajstić information content (AvgIpc) is 2.45. The molecule has 0 aliphatic heterocycles. The van der Waals surface area contributed by atoms with E-state index in [4.69, 9.17) is 5.11 Å². The predicted octanol–water partition coefficient (Wildman–Crippen LogP) is 2.89. The molecule has 6 heteroatoms. The van der Waals surface area contributed by atoms with Crippen LogP contribution in [0.5, 0.6) is 0 Å². The number of rotatable bonds is 7. The van der Waals surface area contributed by atoms with Gasteiger partial charge in [-0.2, -0.15) is 0 Å². The lowest BCUT2D eigenvalue weighted by Gasteiger charge is -2.23. The number of nitrogens with zero attached hydrogens (tertiary/aromatic N) is 1. The van der Waals surface area contributed by atoms with Crippen molar-refractivity contribution in [2.75, 3.05) is 13.6 Å². The van der Waals surface area contributed by atoms with Crippen molar-refractivity contribution >= 4 is 27.9 Å². The van der Waals surface area contributed by atoms with Crippen LogP contribution < -0.4 is 5.32 Å². The minimum atomic E-state index is -0.907. The van der Waals surface area contributed by atoms with Crippen LogP contribution in [0.1, 0.15) is 25.3 Å². The number of amides is 2. The highest BCUT2D eigenvalue weighted by atomic mass is 79.9. The molecule has 0 bridgehead atoms. The summed E-state index contributed by atoms with van der Waals surface area (Å²) in [7, 11) is 1.60. The van der Waals surface area contributed by atoms with Gasteiger partial charge in [0.15, 0.2) is 0 Å². The number of carbonyl (C=O) groups excluding carboxylic acids is 1. The number of nitrogens with one attached hydrogen (secondary N) is 1. The van der Waals surface area contributed by atoms with Crippen LogP contribution in [-0.2, 0) is 11.2 Å². The molecule has 1 rings (SSSR count). The number of hydrogen-bond donors (Lipinski definition) is 2. The fourth-order valence-corrected chi connectivity index (χ4v) is 2.32. The smallest absolute Gasteiger partial charge is 0.317 e. The molecule has 1 atom stereocenters. The van der Waals surface area contributed by atoms with Crippen LogP contribution in [0.2, 0.25) is 0 Å². The van der Waals surface area contributed by atoms with Crippen LogP contribution >= 0.6 is 15.9 Å². The maximum atomic E-state index is 12.0. The summed E-state index contributed by atoms with van der Waals surface area (Å²) in [6.45, 7) is 2.21. The fraction of sp³-hybridized carbons (Fsp3) is 0.467. The molecule has 0 aliphatic carbocycles. The lowest BCUT2D eigenvalue weighted by atomic mass is 10.0. The van der Waals surface area contributed by atoms with E-state index >= 15 is 0 Å². The third-order valence-electron chi connectivity index (χ3n) is 3.25. The minimum Gasteiger partial charge on any atom is -0.481 e. The summed E-state index contributed by atoms with van der Waals surface area (Å²) in [5, 5.41) is 11.6. The first kappa shape index (κ1) is 17.5. The SMILES string of the molecule is CCC(Cc1ccccc1Br)NC(=O)N(C)CCC(=O)O. The van der Waals surface area contributed by atoms with Crippen LogP contribution in [0.3, 0.4) is 0 Å². The van der Waals surface area contributed by atoms with Gasteiger partial charge in [-0.1, -0.05) is 41.1 Å². The molecule has 0 heterocycles. The second kappa shape index (κ2) is 8.67. The third-order valence-corrected chi connectivity index (χ3v) is 4.03. The lowest BCUT2D eigenvalue weighted by molar-refractivity contribution is -0.137. The summed E-state index contributed by atoms with van der Waals surface area (Å²) in [6, 6.07) is 7.69. The number of carboxylic acid groups (broad SMARTS) is 1. The van der Waals surface area contributed by atoms with E-state index in [0.29, 0.717) is 0 Å². The average molecular weight is 357 g/mol. The highest BCUT2D eigenvalue weighted by Crippen LogP contribution is 2.18. The summed E-state index contributed by atoms with van der Waals surface area (Å²) in [5.74, 6) is -0.907. The van der Waals surface area contributed by atoms with E-state index in [1.54, 1.807) is 7.05 Å². The van der Waals surface area contributed by atoms with Gasteiger partial charge in [0.1, 0.15) is 0 Å². The zero-order valence-electron chi connectivity index (χ0n) is 12.3. The molecule has 0 spiro atoms. The minimum absolute atomic E-state index is 0.0171. The van der Waals surface area contributed by atoms with Crippen molar-refractivity contribution in [1.82, 2.24) is 10.2 Å². The van der Waals surface area contributed by atoms with E-state index in [2.05, 4.69) is 21.2 Å². The Kier molecular flexibility index (Phi) is 7.22. The Labute approximate surface area is 133 Å². The number of benzene rings is 1. The number of urea groups is 1. The van der Waals surface area contributed by atoms with Gasteiger partial charge in [0.05, 0.1) is 6.42 Å². The Balaban J connectivity index is 2.55. The first-order valence-corrected chi connectivity index (χ1v) is 7.70. The molecule has 2 amide bonds. The molecule has 2 N–H and O–H groups in total. The summed E-state index contributed by atoms with van der Waals surface area (Å²) in [5.41, 5.74) is 1.14. The first-order valence-electron chi connectivity index (χ1n) is 6.90. The molecule has 116 valence electrons. The topological polar surface area (TPSA) is 69.6 Å². The van der Waals surface area contributed by atoms with Gasteiger partial charge in [0.25, 0.3) is 0 Å². The van der Waals surface area contributed by atoms with Gasteiger partial charge < -0.3 is 15.3 Å².